The first-order chi connectivity index (χ1) is 29.3. The van der Waals surface area contributed by atoms with Gasteiger partial charge in [-0.05, 0) is 66.4 Å². The monoisotopic (exact) mass is 816 g/mol. The summed E-state index contributed by atoms with van der Waals surface area (Å²) in [5, 5.41) is 32.6. The zero-order chi connectivity index (χ0) is 41.6. The highest BCUT2D eigenvalue weighted by molar-refractivity contribution is 6.33. The molecule has 8 rings (SSSR count). The summed E-state index contributed by atoms with van der Waals surface area (Å²) in [6.07, 6.45) is 0. The molecule has 14 heteroatoms. The van der Waals surface area contributed by atoms with Gasteiger partial charge in [0, 0.05) is 12.1 Å². The van der Waals surface area contributed by atoms with E-state index in [1.54, 1.807) is 18.2 Å². The molecule has 13 nitrogen and oxygen atoms in total. The van der Waals surface area contributed by atoms with E-state index in [2.05, 4.69) is 57.1 Å². The molecular weight excluding hydrogens is 780 g/mol. The Morgan fingerprint density at radius 3 is 1.83 bits per heavy atom. The molecule has 0 amide bonds. The lowest BCUT2D eigenvalue weighted by molar-refractivity contribution is -0.389. The van der Waals surface area contributed by atoms with Gasteiger partial charge >= 0.3 is 11.4 Å². The number of aromatic nitrogens is 6. The number of rotatable bonds is 14. The summed E-state index contributed by atoms with van der Waals surface area (Å²) in [7, 11) is 3.03. The van der Waals surface area contributed by atoms with Crippen LogP contribution in [0.1, 0.15) is 27.8 Å². The van der Waals surface area contributed by atoms with Crippen LogP contribution in [-0.2, 0) is 18.6 Å². The lowest BCUT2D eigenvalue weighted by Gasteiger charge is -2.36. The van der Waals surface area contributed by atoms with Gasteiger partial charge in [0.25, 0.3) is 0 Å². The SMILES string of the molecule is COc1ccc(CNc2c([N+](=O)[O-])nn(Cc3ccc(-c4ccccc4-c4nnnn4C(c4ccccc4)(c4ccccc4)c4ccccc4)cc3)c(=O)c2Cl)cc1OC. The average Bonchev–Trinajstić information content (AvgIpc) is 3.79. The largest absolute Gasteiger partial charge is 0.493 e. The molecule has 0 radical (unpaired) electrons. The Hall–Kier alpha value is -7.64. The third kappa shape index (κ3) is 7.33. The summed E-state index contributed by atoms with van der Waals surface area (Å²) in [6.45, 7) is 0.0381. The molecule has 0 bridgehead atoms. The number of hydrogen-bond donors (Lipinski definition) is 1. The van der Waals surface area contributed by atoms with Gasteiger partial charge in [-0.1, -0.05) is 157 Å². The van der Waals surface area contributed by atoms with Gasteiger partial charge in [-0.2, -0.15) is 0 Å². The van der Waals surface area contributed by atoms with E-state index in [4.69, 9.17) is 26.3 Å². The molecule has 8 aromatic rings. The number of hydrogen-bond acceptors (Lipinski definition) is 10. The van der Waals surface area contributed by atoms with Crippen LogP contribution in [-0.4, -0.2) is 49.1 Å². The van der Waals surface area contributed by atoms with Crippen molar-refractivity contribution in [1.29, 1.82) is 0 Å². The van der Waals surface area contributed by atoms with E-state index in [0.29, 0.717) is 28.5 Å². The summed E-state index contributed by atoms with van der Waals surface area (Å²) in [6, 6.07) is 51.2. The lowest BCUT2D eigenvalue weighted by atomic mass is 9.77. The molecule has 2 aromatic heterocycles. The van der Waals surface area contributed by atoms with Gasteiger partial charge in [0.1, 0.15) is 10.6 Å². The summed E-state index contributed by atoms with van der Waals surface area (Å²) < 4.78 is 13.5. The van der Waals surface area contributed by atoms with Gasteiger partial charge in [-0.15, -0.1) is 9.78 Å². The Morgan fingerprint density at radius 2 is 1.27 bits per heavy atom. The zero-order valence-electron chi connectivity index (χ0n) is 32.5. The van der Waals surface area contributed by atoms with Crippen molar-refractivity contribution < 1.29 is 14.4 Å². The maximum Gasteiger partial charge on any atom is 0.413 e. The molecule has 0 spiro atoms. The Bertz CT molecular complexity index is 2740. The molecule has 298 valence electrons. The molecule has 2 heterocycles. The first-order valence-corrected chi connectivity index (χ1v) is 19.2. The molecular formula is C46H37ClN8O5. The van der Waals surface area contributed by atoms with E-state index in [1.165, 1.54) is 14.2 Å². The predicted octanol–water partition coefficient (Wildman–Crippen LogP) is 8.64. The molecule has 60 heavy (non-hydrogen) atoms. The average molecular weight is 817 g/mol. The quantitative estimate of drug-likeness (QED) is 0.0641. The molecule has 0 saturated carbocycles. The third-order valence-corrected chi connectivity index (χ3v) is 10.6. The number of halogens is 1. The third-order valence-electron chi connectivity index (χ3n) is 10.3. The second-order valence-electron chi connectivity index (χ2n) is 13.7. The number of benzene rings is 6. The fraction of sp³-hybridized carbons (Fsp3) is 0.109. The van der Waals surface area contributed by atoms with Gasteiger partial charge in [-0.3, -0.25) is 4.79 Å². The number of tetrazole rings is 1. The summed E-state index contributed by atoms with van der Waals surface area (Å²) in [4.78, 5) is 25.0. The van der Waals surface area contributed by atoms with Crippen molar-refractivity contribution in [1.82, 2.24) is 30.0 Å². The molecule has 0 fully saturated rings. The topological polar surface area (TPSA) is 152 Å². The van der Waals surface area contributed by atoms with Crippen molar-refractivity contribution in [2.24, 2.45) is 0 Å². The Kier molecular flexibility index (Phi) is 11.2. The Labute approximate surface area is 349 Å². The van der Waals surface area contributed by atoms with Crippen LogP contribution >= 0.6 is 11.6 Å². The highest BCUT2D eigenvalue weighted by atomic mass is 35.5. The van der Waals surface area contributed by atoms with E-state index in [-0.39, 0.29) is 23.8 Å². The second-order valence-corrected chi connectivity index (χ2v) is 14.1. The normalized spacial score (nSPS) is 11.2. The molecule has 6 aromatic carbocycles. The Morgan fingerprint density at radius 1 is 0.717 bits per heavy atom. The van der Waals surface area contributed by atoms with Crippen molar-refractivity contribution in [3.05, 3.63) is 211 Å². The molecule has 0 unspecified atom stereocenters. The van der Waals surface area contributed by atoms with Gasteiger partial charge in [0.2, 0.25) is 0 Å². The fourth-order valence-electron chi connectivity index (χ4n) is 7.48. The highest BCUT2D eigenvalue weighted by Crippen LogP contribution is 2.43. The minimum absolute atomic E-state index is 0.0662. The van der Waals surface area contributed by atoms with E-state index in [1.807, 2.05) is 108 Å². The highest BCUT2D eigenvalue weighted by Gasteiger charge is 2.42. The summed E-state index contributed by atoms with van der Waals surface area (Å²) >= 11 is 6.52. The number of ether oxygens (including phenoxy) is 2. The zero-order valence-corrected chi connectivity index (χ0v) is 33.2. The predicted molar refractivity (Wildman–Crippen MR) is 229 cm³/mol. The van der Waals surface area contributed by atoms with Gasteiger partial charge < -0.3 is 24.9 Å². The number of nitrogens with one attached hydrogen (secondary N) is 1. The number of nitro groups is 1. The smallest absolute Gasteiger partial charge is 0.413 e. The first-order valence-electron chi connectivity index (χ1n) is 18.9. The maximum atomic E-state index is 13.5. The number of nitrogens with zero attached hydrogens (tertiary/aromatic N) is 7. The van der Waals surface area contributed by atoms with Crippen LogP contribution in [0.3, 0.4) is 0 Å². The van der Waals surface area contributed by atoms with E-state index in [0.717, 1.165) is 38.1 Å². The molecule has 0 saturated heterocycles. The minimum atomic E-state index is -0.946. The van der Waals surface area contributed by atoms with Crippen LogP contribution in [0.25, 0.3) is 22.5 Å². The molecule has 0 aliphatic heterocycles. The van der Waals surface area contributed by atoms with Crippen molar-refractivity contribution in [2.45, 2.75) is 18.6 Å². The molecule has 0 aliphatic rings. The second kappa shape index (κ2) is 17.1. The van der Waals surface area contributed by atoms with Crippen molar-refractivity contribution in [2.75, 3.05) is 19.5 Å². The van der Waals surface area contributed by atoms with Gasteiger partial charge in [-0.25, -0.2) is 4.68 Å². The van der Waals surface area contributed by atoms with Crippen LogP contribution in [0.4, 0.5) is 11.5 Å². The van der Waals surface area contributed by atoms with Crippen molar-refractivity contribution in [3.8, 4) is 34.0 Å². The summed E-state index contributed by atoms with van der Waals surface area (Å²) in [5.74, 6) is 0.975. The van der Waals surface area contributed by atoms with Crippen LogP contribution < -0.4 is 20.3 Å². The van der Waals surface area contributed by atoms with Crippen molar-refractivity contribution in [3.63, 3.8) is 0 Å². The first kappa shape index (κ1) is 39.2. The lowest BCUT2D eigenvalue weighted by Crippen LogP contribution is -2.39. The maximum absolute atomic E-state index is 13.5. The van der Waals surface area contributed by atoms with E-state index in [9.17, 15) is 14.9 Å². The standard InChI is InChI=1S/C46H37ClN8O5/c1-59-39-27-24-32(28-40(39)60-2)29-48-42-41(47)45(56)53(50-44(42)55(57)58)30-31-22-25-33(26-23-31)37-20-12-13-21-38(37)43-49-51-52-54(43)46(34-14-6-3-7-15-34,35-16-8-4-9-17-35)36-18-10-5-11-19-36/h3-28,48H,29-30H2,1-2H3. The van der Waals surface area contributed by atoms with E-state index < -0.39 is 21.8 Å². The van der Waals surface area contributed by atoms with Crippen LogP contribution in [0, 0.1) is 10.1 Å². The van der Waals surface area contributed by atoms with Crippen LogP contribution in [0.5, 0.6) is 11.5 Å². The van der Waals surface area contributed by atoms with Gasteiger partial charge in [0.05, 0.1) is 25.9 Å². The summed E-state index contributed by atoms with van der Waals surface area (Å²) in [5.41, 5.74) is 5.01. The molecule has 1 N–H and O–H groups in total. The molecule has 0 aliphatic carbocycles. The molecule has 0 atom stereocenters. The van der Waals surface area contributed by atoms with Crippen molar-refractivity contribution >= 4 is 23.1 Å². The van der Waals surface area contributed by atoms with E-state index >= 15 is 0 Å². The van der Waals surface area contributed by atoms with Crippen LogP contribution in [0.2, 0.25) is 5.02 Å². The minimum Gasteiger partial charge on any atom is -0.493 e. The Balaban J connectivity index is 1.13. The fourth-order valence-corrected chi connectivity index (χ4v) is 7.73. The van der Waals surface area contributed by atoms with Gasteiger partial charge in [0.15, 0.2) is 23.0 Å². The van der Waals surface area contributed by atoms with Crippen LogP contribution in [0.15, 0.2) is 163 Å². The number of methoxy groups -OCH3 is 2. The number of anilines is 1.